The Labute approximate surface area is 173 Å². The zero-order chi connectivity index (χ0) is 21.3. The topological polar surface area (TPSA) is 86.4 Å². The zero-order valence-electron chi connectivity index (χ0n) is 17.1. The minimum atomic E-state index is -0.795. The van der Waals surface area contributed by atoms with E-state index in [1.165, 1.54) is 11.9 Å². The van der Waals surface area contributed by atoms with Gasteiger partial charge < -0.3 is 18.7 Å². The number of hydrogen-bond acceptors (Lipinski definition) is 7. The first-order chi connectivity index (χ1) is 14.5. The van der Waals surface area contributed by atoms with Gasteiger partial charge in [0.1, 0.15) is 28.5 Å². The first kappa shape index (κ1) is 19.5. The van der Waals surface area contributed by atoms with Gasteiger partial charge in [0.05, 0.1) is 19.8 Å². The Morgan fingerprint density at radius 1 is 1.10 bits per heavy atom. The number of hydrogen-bond donors (Lipinski definition) is 0. The van der Waals surface area contributed by atoms with Crippen molar-refractivity contribution in [3.63, 3.8) is 0 Å². The molecule has 4 rings (SSSR count). The predicted molar refractivity (Wildman–Crippen MR) is 109 cm³/mol. The molecule has 1 aliphatic rings. The van der Waals surface area contributed by atoms with Crippen molar-refractivity contribution in [1.29, 1.82) is 0 Å². The lowest BCUT2D eigenvalue weighted by Gasteiger charge is -2.21. The summed E-state index contributed by atoms with van der Waals surface area (Å²) in [6.07, 6.45) is -0.795. The van der Waals surface area contributed by atoms with Crippen LogP contribution >= 0.6 is 0 Å². The second-order valence-corrected chi connectivity index (χ2v) is 6.68. The van der Waals surface area contributed by atoms with Crippen LogP contribution < -0.4 is 9.47 Å². The molecule has 1 aromatic heterocycles. The summed E-state index contributed by atoms with van der Waals surface area (Å²) in [5.41, 5.74) is 2.69. The van der Waals surface area contributed by atoms with E-state index in [4.69, 9.17) is 18.7 Å². The lowest BCUT2D eigenvalue weighted by atomic mass is 10.1. The second kappa shape index (κ2) is 7.90. The van der Waals surface area contributed by atoms with E-state index in [1.54, 1.807) is 39.3 Å². The van der Waals surface area contributed by atoms with Crippen molar-refractivity contribution in [2.24, 2.45) is 5.10 Å². The number of rotatable bonds is 5. The molecule has 0 fully saturated rings. The van der Waals surface area contributed by atoms with Gasteiger partial charge in [-0.25, -0.2) is 0 Å². The molecule has 0 N–H and O–H groups in total. The van der Waals surface area contributed by atoms with Crippen molar-refractivity contribution in [2.45, 2.75) is 20.1 Å². The van der Waals surface area contributed by atoms with Gasteiger partial charge >= 0.3 is 0 Å². The van der Waals surface area contributed by atoms with Gasteiger partial charge in [-0.3, -0.25) is 4.79 Å². The fourth-order valence-corrected chi connectivity index (χ4v) is 3.31. The van der Waals surface area contributed by atoms with Crippen molar-refractivity contribution in [3.05, 3.63) is 65.4 Å². The van der Waals surface area contributed by atoms with Crippen LogP contribution in [-0.4, -0.2) is 36.2 Å². The molecule has 2 heterocycles. The van der Waals surface area contributed by atoms with Crippen LogP contribution in [0.25, 0.3) is 11.3 Å². The zero-order valence-corrected chi connectivity index (χ0v) is 17.1. The Morgan fingerprint density at radius 3 is 2.53 bits per heavy atom. The summed E-state index contributed by atoms with van der Waals surface area (Å²) in [6, 6.07) is 14.9. The summed E-state index contributed by atoms with van der Waals surface area (Å²) in [5, 5.41) is 9.90. The molecular formula is C22H21N3O5. The fourth-order valence-electron chi connectivity index (χ4n) is 3.31. The third-order valence-corrected chi connectivity index (χ3v) is 4.80. The highest BCUT2D eigenvalue weighted by Crippen LogP contribution is 2.39. The van der Waals surface area contributed by atoms with E-state index >= 15 is 0 Å². The standard InChI is InChI=1S/C22H21N3O5/c1-13-19(20(24-30-13)15-8-6-5-7-9-15)21-23-25(14(2)26)22(29-21)17-11-10-16(27-3)12-18(17)28-4/h5-12,22H,1-4H3/t22-/m1/s1. The Balaban J connectivity index is 1.77. The molecule has 30 heavy (non-hydrogen) atoms. The normalized spacial score (nSPS) is 15.5. The van der Waals surface area contributed by atoms with Gasteiger partial charge in [-0.05, 0) is 19.1 Å². The molecule has 1 amide bonds. The van der Waals surface area contributed by atoms with Crippen molar-refractivity contribution < 1.29 is 23.5 Å². The van der Waals surface area contributed by atoms with Gasteiger partial charge in [0.25, 0.3) is 0 Å². The number of amides is 1. The summed E-state index contributed by atoms with van der Waals surface area (Å²) < 4.78 is 22.3. The number of ether oxygens (including phenoxy) is 3. The van der Waals surface area contributed by atoms with E-state index in [9.17, 15) is 4.79 Å². The van der Waals surface area contributed by atoms with Crippen LogP contribution in [0.2, 0.25) is 0 Å². The van der Waals surface area contributed by atoms with Crippen molar-refractivity contribution in [1.82, 2.24) is 10.2 Å². The number of methoxy groups -OCH3 is 2. The number of hydrazone groups is 1. The number of carbonyl (C=O) groups is 1. The van der Waals surface area contributed by atoms with Crippen LogP contribution in [-0.2, 0) is 9.53 Å². The molecule has 0 spiro atoms. The Hall–Kier alpha value is -3.81. The SMILES string of the molecule is COc1ccc([C@H]2OC(c3c(-c4ccccc4)noc3C)=NN2C(C)=O)c(OC)c1. The van der Waals surface area contributed by atoms with Crippen LogP contribution in [0.3, 0.4) is 0 Å². The maximum Gasteiger partial charge on any atom is 0.247 e. The number of nitrogens with zero attached hydrogens (tertiary/aromatic N) is 3. The molecule has 1 atom stereocenters. The highest BCUT2D eigenvalue weighted by atomic mass is 16.5. The van der Waals surface area contributed by atoms with Crippen molar-refractivity contribution in [3.8, 4) is 22.8 Å². The van der Waals surface area contributed by atoms with Crippen LogP contribution in [0.15, 0.2) is 58.2 Å². The average molecular weight is 407 g/mol. The summed E-state index contributed by atoms with van der Waals surface area (Å²) in [5.74, 6) is 1.67. The third kappa shape index (κ3) is 3.36. The maximum atomic E-state index is 12.3. The molecule has 0 aliphatic carbocycles. The monoisotopic (exact) mass is 407 g/mol. The second-order valence-electron chi connectivity index (χ2n) is 6.68. The molecule has 8 nitrogen and oxygen atoms in total. The van der Waals surface area contributed by atoms with Crippen LogP contribution in [0.1, 0.15) is 30.0 Å². The minimum absolute atomic E-state index is 0.255. The van der Waals surface area contributed by atoms with E-state index < -0.39 is 6.23 Å². The Bertz CT molecular complexity index is 1110. The van der Waals surface area contributed by atoms with Gasteiger partial charge in [0.15, 0.2) is 0 Å². The molecule has 1 aliphatic heterocycles. The van der Waals surface area contributed by atoms with Crippen molar-refractivity contribution >= 4 is 11.8 Å². The molecule has 0 saturated heterocycles. The predicted octanol–water partition coefficient (Wildman–Crippen LogP) is 3.91. The van der Waals surface area contributed by atoms with E-state index in [0.29, 0.717) is 34.1 Å². The molecule has 2 aromatic carbocycles. The van der Waals surface area contributed by atoms with Gasteiger partial charge in [0, 0.05) is 18.6 Å². The van der Waals surface area contributed by atoms with E-state index in [2.05, 4.69) is 10.3 Å². The van der Waals surface area contributed by atoms with Crippen molar-refractivity contribution in [2.75, 3.05) is 14.2 Å². The first-order valence-electron chi connectivity index (χ1n) is 9.32. The summed E-state index contributed by atoms with van der Waals surface area (Å²) in [6.45, 7) is 3.21. The Morgan fingerprint density at radius 2 is 1.87 bits per heavy atom. The van der Waals surface area contributed by atoms with Crippen LogP contribution in [0.4, 0.5) is 0 Å². The first-order valence-corrected chi connectivity index (χ1v) is 9.32. The highest BCUT2D eigenvalue weighted by molar-refractivity contribution is 6.02. The quantitative estimate of drug-likeness (QED) is 0.637. The van der Waals surface area contributed by atoms with E-state index in [-0.39, 0.29) is 11.8 Å². The highest BCUT2D eigenvalue weighted by Gasteiger charge is 2.37. The van der Waals surface area contributed by atoms with Crippen LogP contribution in [0, 0.1) is 6.92 Å². The minimum Gasteiger partial charge on any atom is -0.497 e. The lowest BCUT2D eigenvalue weighted by molar-refractivity contribution is -0.135. The third-order valence-electron chi connectivity index (χ3n) is 4.80. The molecule has 154 valence electrons. The molecule has 0 unspecified atom stereocenters. The molecule has 0 saturated carbocycles. The Kier molecular flexibility index (Phi) is 5.14. The van der Waals surface area contributed by atoms with Crippen LogP contribution in [0.5, 0.6) is 11.5 Å². The van der Waals surface area contributed by atoms with Gasteiger partial charge in [-0.15, -0.1) is 5.10 Å². The van der Waals surface area contributed by atoms with E-state index in [1.807, 2.05) is 30.3 Å². The van der Waals surface area contributed by atoms with E-state index in [0.717, 1.165) is 5.56 Å². The van der Waals surface area contributed by atoms with Gasteiger partial charge in [0.2, 0.25) is 18.0 Å². The molecule has 3 aromatic rings. The number of benzene rings is 2. The van der Waals surface area contributed by atoms with Gasteiger partial charge in [-0.2, -0.15) is 5.01 Å². The lowest BCUT2D eigenvalue weighted by Crippen LogP contribution is -2.25. The largest absolute Gasteiger partial charge is 0.497 e. The summed E-state index contributed by atoms with van der Waals surface area (Å²) in [7, 11) is 3.12. The molecular weight excluding hydrogens is 386 g/mol. The van der Waals surface area contributed by atoms with Gasteiger partial charge in [-0.1, -0.05) is 35.5 Å². The smallest absolute Gasteiger partial charge is 0.247 e. The number of aromatic nitrogens is 1. The number of aryl methyl sites for hydroxylation is 1. The average Bonchev–Trinajstić information content (AvgIpc) is 3.37. The molecule has 8 heteroatoms. The number of carbonyl (C=O) groups excluding carboxylic acids is 1. The maximum absolute atomic E-state index is 12.3. The molecule has 0 bridgehead atoms. The molecule has 0 radical (unpaired) electrons. The summed E-state index contributed by atoms with van der Waals surface area (Å²) >= 11 is 0. The fraction of sp³-hybridized carbons (Fsp3) is 0.227. The summed E-state index contributed by atoms with van der Waals surface area (Å²) in [4.78, 5) is 12.3.